The molecule has 0 radical (unpaired) electrons. The van der Waals surface area contributed by atoms with Gasteiger partial charge in [-0.3, -0.25) is 9.59 Å². The van der Waals surface area contributed by atoms with Crippen LogP contribution in [0.15, 0.2) is 72.8 Å². The molecule has 39 heavy (non-hydrogen) atoms. The highest BCUT2D eigenvalue weighted by Crippen LogP contribution is 2.58. The number of likely N-dealkylation sites (tertiary alicyclic amines) is 1. The molecule has 3 aromatic carbocycles. The number of benzene rings is 3. The van der Waals surface area contributed by atoms with Gasteiger partial charge in [0, 0.05) is 17.4 Å². The molecule has 1 aliphatic carbocycles. The Balaban J connectivity index is 1.76. The van der Waals surface area contributed by atoms with Gasteiger partial charge < -0.3 is 19.5 Å². The second-order valence-corrected chi connectivity index (χ2v) is 10.7. The normalized spacial score (nSPS) is 24.3. The minimum absolute atomic E-state index is 0.214. The van der Waals surface area contributed by atoms with Gasteiger partial charge in [0.15, 0.2) is 5.78 Å². The van der Waals surface area contributed by atoms with E-state index in [9.17, 15) is 19.5 Å². The maximum atomic E-state index is 14.5. The lowest BCUT2D eigenvalue weighted by Crippen LogP contribution is -2.54. The minimum Gasteiger partial charge on any atom is -0.497 e. The molecule has 1 heterocycles. The molecule has 202 valence electrons. The van der Waals surface area contributed by atoms with Crippen molar-refractivity contribution in [2.75, 3.05) is 14.2 Å². The van der Waals surface area contributed by atoms with Crippen LogP contribution < -0.4 is 9.47 Å². The largest absolute Gasteiger partial charge is 0.497 e. The van der Waals surface area contributed by atoms with E-state index in [4.69, 9.17) is 9.47 Å². The van der Waals surface area contributed by atoms with Gasteiger partial charge in [0.1, 0.15) is 17.0 Å². The Morgan fingerprint density at radius 3 is 1.82 bits per heavy atom. The molecule has 1 N–H and O–H groups in total. The average Bonchev–Trinajstić information content (AvgIpc) is 3.76. The predicted octanol–water partition coefficient (Wildman–Crippen LogP) is 5.43. The van der Waals surface area contributed by atoms with Gasteiger partial charge in [-0.25, -0.2) is 4.79 Å². The first-order valence-electron chi connectivity index (χ1n) is 13.2. The van der Waals surface area contributed by atoms with Gasteiger partial charge in [0.2, 0.25) is 5.91 Å². The summed E-state index contributed by atoms with van der Waals surface area (Å²) in [4.78, 5) is 43.2. The molecule has 2 aliphatic rings. The smallest absolute Gasteiger partial charge is 0.330 e. The number of aryl methyl sites for hydroxylation is 1. The molecular weight excluding hydrogens is 494 g/mol. The standard InChI is InChI=1S/C32H33NO6/c1-19-5-7-21(8-6-19)28-26(29(34)22-13-17-25(39-4)18-14-22)27(20-11-15-24(38-3)16-12-20)32(2,31(36)37)33(28)30(35)23-9-10-23/h5-8,11-18,23,26-28H,9-10H2,1-4H3,(H,36,37). The first-order chi connectivity index (χ1) is 18.7. The van der Waals surface area contributed by atoms with Crippen molar-refractivity contribution in [2.24, 2.45) is 11.8 Å². The van der Waals surface area contributed by atoms with Crippen LogP contribution in [-0.2, 0) is 9.59 Å². The summed E-state index contributed by atoms with van der Waals surface area (Å²) in [6.07, 6.45) is 1.44. The summed E-state index contributed by atoms with van der Waals surface area (Å²) in [6.45, 7) is 3.56. The van der Waals surface area contributed by atoms with Gasteiger partial charge in [-0.1, -0.05) is 42.0 Å². The number of ketones is 1. The number of hydrogen-bond donors (Lipinski definition) is 1. The Morgan fingerprint density at radius 1 is 0.821 bits per heavy atom. The molecule has 0 bridgehead atoms. The van der Waals surface area contributed by atoms with Crippen LogP contribution in [0.25, 0.3) is 0 Å². The maximum Gasteiger partial charge on any atom is 0.330 e. The van der Waals surface area contributed by atoms with Crippen molar-refractivity contribution in [2.45, 2.75) is 44.2 Å². The molecule has 4 atom stereocenters. The van der Waals surface area contributed by atoms with Gasteiger partial charge in [0.25, 0.3) is 0 Å². The maximum absolute atomic E-state index is 14.5. The highest BCUT2D eigenvalue weighted by molar-refractivity contribution is 6.02. The average molecular weight is 528 g/mol. The van der Waals surface area contributed by atoms with Crippen LogP contribution in [0.5, 0.6) is 11.5 Å². The molecule has 5 rings (SSSR count). The molecule has 2 fully saturated rings. The number of hydrogen-bond acceptors (Lipinski definition) is 5. The van der Waals surface area contributed by atoms with Crippen molar-refractivity contribution >= 4 is 17.7 Å². The third-order valence-electron chi connectivity index (χ3n) is 8.25. The molecule has 0 aromatic heterocycles. The number of carbonyl (C=O) groups excluding carboxylic acids is 2. The highest BCUT2D eigenvalue weighted by Gasteiger charge is 2.65. The molecule has 3 aromatic rings. The zero-order valence-corrected chi connectivity index (χ0v) is 22.6. The second kappa shape index (κ2) is 10.2. The van der Waals surface area contributed by atoms with E-state index in [0.717, 1.165) is 24.0 Å². The van der Waals surface area contributed by atoms with Crippen molar-refractivity contribution in [3.8, 4) is 11.5 Å². The van der Waals surface area contributed by atoms with Crippen LogP contribution in [0.1, 0.15) is 58.8 Å². The lowest BCUT2D eigenvalue weighted by Gasteiger charge is -2.38. The summed E-state index contributed by atoms with van der Waals surface area (Å²) in [5.41, 5.74) is 1.20. The monoisotopic (exact) mass is 527 g/mol. The molecule has 1 aliphatic heterocycles. The Labute approximate surface area is 228 Å². The fraction of sp³-hybridized carbons (Fsp3) is 0.344. The van der Waals surface area contributed by atoms with E-state index in [1.807, 2.05) is 31.2 Å². The number of Topliss-reactive ketones (excluding diaryl/α,β-unsaturated/α-hetero) is 1. The van der Waals surface area contributed by atoms with Crippen LogP contribution in [-0.4, -0.2) is 47.4 Å². The molecule has 1 saturated heterocycles. The SMILES string of the molecule is COc1ccc(C(=O)C2C(c3ccc(C)cc3)N(C(=O)C3CC3)C(C)(C(=O)O)C2c2ccc(OC)cc2)cc1. The molecule has 1 saturated carbocycles. The summed E-state index contributed by atoms with van der Waals surface area (Å²) in [7, 11) is 3.12. The summed E-state index contributed by atoms with van der Waals surface area (Å²) >= 11 is 0. The van der Waals surface area contributed by atoms with Gasteiger partial charge in [0.05, 0.1) is 26.2 Å². The van der Waals surface area contributed by atoms with Gasteiger partial charge in [-0.05, 0) is 74.2 Å². The van der Waals surface area contributed by atoms with E-state index in [1.54, 1.807) is 69.7 Å². The number of amides is 1. The van der Waals surface area contributed by atoms with Crippen molar-refractivity contribution in [1.29, 1.82) is 0 Å². The van der Waals surface area contributed by atoms with E-state index < -0.39 is 29.4 Å². The summed E-state index contributed by atoms with van der Waals surface area (Å²) < 4.78 is 10.6. The Morgan fingerprint density at radius 2 is 1.33 bits per heavy atom. The van der Waals surface area contributed by atoms with Crippen LogP contribution in [0, 0.1) is 18.8 Å². The zero-order valence-electron chi connectivity index (χ0n) is 22.6. The number of carboxylic acid groups (broad SMARTS) is 1. The third-order valence-corrected chi connectivity index (χ3v) is 8.25. The predicted molar refractivity (Wildman–Crippen MR) is 146 cm³/mol. The Bertz CT molecular complexity index is 1380. The van der Waals surface area contributed by atoms with Gasteiger partial charge in [-0.15, -0.1) is 0 Å². The van der Waals surface area contributed by atoms with Crippen LogP contribution >= 0.6 is 0 Å². The highest BCUT2D eigenvalue weighted by atomic mass is 16.5. The van der Waals surface area contributed by atoms with E-state index in [2.05, 4.69) is 0 Å². The number of methoxy groups -OCH3 is 2. The topological polar surface area (TPSA) is 93.1 Å². The second-order valence-electron chi connectivity index (χ2n) is 10.7. The molecule has 1 amide bonds. The first kappa shape index (κ1) is 26.5. The van der Waals surface area contributed by atoms with Crippen molar-refractivity contribution in [3.05, 3.63) is 95.1 Å². The molecule has 4 unspecified atom stereocenters. The number of carboxylic acids is 1. The van der Waals surface area contributed by atoms with Crippen LogP contribution in [0.4, 0.5) is 0 Å². The Hall–Kier alpha value is -4.13. The van der Waals surface area contributed by atoms with Crippen LogP contribution in [0.2, 0.25) is 0 Å². The van der Waals surface area contributed by atoms with E-state index in [1.165, 1.54) is 4.90 Å². The number of nitrogens with zero attached hydrogens (tertiary/aromatic N) is 1. The van der Waals surface area contributed by atoms with E-state index in [-0.39, 0.29) is 17.6 Å². The van der Waals surface area contributed by atoms with E-state index >= 15 is 0 Å². The van der Waals surface area contributed by atoms with E-state index in [0.29, 0.717) is 22.6 Å². The third kappa shape index (κ3) is 4.56. The zero-order chi connectivity index (χ0) is 27.9. The molecule has 7 heteroatoms. The summed E-state index contributed by atoms with van der Waals surface area (Å²) in [6, 6.07) is 20.9. The first-order valence-corrected chi connectivity index (χ1v) is 13.2. The molecule has 7 nitrogen and oxygen atoms in total. The van der Waals surface area contributed by atoms with Crippen molar-refractivity contribution in [3.63, 3.8) is 0 Å². The quantitative estimate of drug-likeness (QED) is 0.393. The number of rotatable bonds is 8. The fourth-order valence-corrected chi connectivity index (χ4v) is 5.97. The van der Waals surface area contributed by atoms with Crippen molar-refractivity contribution < 1.29 is 29.0 Å². The number of ether oxygens (including phenoxy) is 2. The lowest BCUT2D eigenvalue weighted by atomic mass is 9.71. The van der Waals surface area contributed by atoms with Gasteiger partial charge in [-0.2, -0.15) is 0 Å². The number of aliphatic carboxylic acids is 1. The fourth-order valence-electron chi connectivity index (χ4n) is 5.97. The molecular formula is C32H33NO6. The lowest BCUT2D eigenvalue weighted by molar-refractivity contribution is -0.158. The molecule has 0 spiro atoms. The summed E-state index contributed by atoms with van der Waals surface area (Å²) in [5, 5.41) is 10.8. The van der Waals surface area contributed by atoms with Gasteiger partial charge >= 0.3 is 5.97 Å². The minimum atomic E-state index is -1.67. The number of carbonyl (C=O) groups is 3. The Kier molecular flexibility index (Phi) is 6.93. The van der Waals surface area contributed by atoms with Crippen molar-refractivity contribution in [1.82, 2.24) is 4.90 Å². The van der Waals surface area contributed by atoms with Crippen LogP contribution in [0.3, 0.4) is 0 Å². The summed E-state index contributed by atoms with van der Waals surface area (Å²) in [5.74, 6) is -2.24.